The van der Waals surface area contributed by atoms with Gasteiger partial charge in [0.15, 0.2) is 0 Å². The zero-order valence-electron chi connectivity index (χ0n) is 16.7. The van der Waals surface area contributed by atoms with Crippen molar-refractivity contribution in [3.05, 3.63) is 11.8 Å². The molecule has 0 bridgehead atoms. The average molecular weight is 358 g/mol. The summed E-state index contributed by atoms with van der Waals surface area (Å²) in [7, 11) is 0. The molecule has 1 saturated heterocycles. The molecule has 0 spiro atoms. The van der Waals surface area contributed by atoms with E-state index in [1.165, 1.54) is 44.2 Å². The van der Waals surface area contributed by atoms with Crippen molar-refractivity contribution in [3.63, 3.8) is 0 Å². The maximum atomic E-state index is 11.9. The summed E-state index contributed by atoms with van der Waals surface area (Å²) in [5, 5.41) is 3.23. The lowest BCUT2D eigenvalue weighted by atomic mass is 9.49. The number of hydrogen-bond donors (Lipinski definition) is 1. The van der Waals surface area contributed by atoms with Crippen LogP contribution in [0.3, 0.4) is 0 Å². The van der Waals surface area contributed by atoms with Gasteiger partial charge in [0.05, 0.1) is 12.2 Å². The van der Waals surface area contributed by atoms with Gasteiger partial charge in [0.25, 0.3) is 0 Å². The SMILES string of the molecule is CC[C@@H]1C[C@H](OC2CC2)[C@@]2(C)CC[C@H]3[C@@H](CC=C4NC(=O)CC[C@@]43C)[C@H]12. The van der Waals surface area contributed by atoms with Gasteiger partial charge in [-0.15, -0.1) is 0 Å². The third-order valence-corrected chi connectivity index (χ3v) is 9.07. The first-order chi connectivity index (χ1) is 12.5. The summed E-state index contributed by atoms with van der Waals surface area (Å²) in [6.45, 7) is 7.38. The number of carbonyl (C=O) groups excluding carboxylic acids is 1. The van der Waals surface area contributed by atoms with Crippen LogP contribution in [0.15, 0.2) is 11.8 Å². The Hall–Kier alpha value is -0.830. The molecule has 0 aromatic carbocycles. The van der Waals surface area contributed by atoms with E-state index in [9.17, 15) is 4.79 Å². The third-order valence-electron chi connectivity index (χ3n) is 9.07. The number of piperidine rings is 1. The van der Waals surface area contributed by atoms with Crippen LogP contribution in [-0.2, 0) is 9.53 Å². The molecule has 1 aliphatic heterocycles. The molecule has 1 amide bonds. The van der Waals surface area contributed by atoms with Crippen molar-refractivity contribution in [2.24, 2.45) is 34.5 Å². The molecule has 7 atom stereocenters. The Balaban J connectivity index is 1.47. The van der Waals surface area contributed by atoms with Gasteiger partial charge in [0.1, 0.15) is 0 Å². The lowest BCUT2D eigenvalue weighted by Gasteiger charge is -2.57. The van der Waals surface area contributed by atoms with Crippen LogP contribution in [0.1, 0.15) is 78.6 Å². The van der Waals surface area contributed by atoms with Crippen LogP contribution >= 0.6 is 0 Å². The molecule has 0 unspecified atom stereocenters. The van der Waals surface area contributed by atoms with E-state index in [2.05, 4.69) is 32.2 Å². The normalized spacial score (nSPS) is 50.3. The smallest absolute Gasteiger partial charge is 0.224 e. The Morgan fingerprint density at radius 1 is 1.23 bits per heavy atom. The summed E-state index contributed by atoms with van der Waals surface area (Å²) >= 11 is 0. The van der Waals surface area contributed by atoms with Gasteiger partial charge in [0.2, 0.25) is 5.91 Å². The molecule has 1 heterocycles. The largest absolute Gasteiger partial charge is 0.374 e. The zero-order valence-corrected chi connectivity index (χ0v) is 16.7. The van der Waals surface area contributed by atoms with Crippen molar-refractivity contribution < 1.29 is 9.53 Å². The summed E-state index contributed by atoms with van der Waals surface area (Å²) in [5.74, 6) is 3.33. The van der Waals surface area contributed by atoms with Crippen LogP contribution in [0.2, 0.25) is 0 Å². The van der Waals surface area contributed by atoms with E-state index in [0.29, 0.717) is 24.0 Å². The second kappa shape index (κ2) is 5.83. The standard InChI is InChI=1S/C23H35NO2/c1-4-14-13-19(26-15-5-6-15)23(3)11-9-17-16(21(14)23)7-8-18-22(17,2)12-10-20(25)24-18/h8,14-17,19,21H,4-7,9-13H2,1-3H3,(H,24,25)/t14-,16-,17+,19+,21+,22-,23-/m1/s1. The number of rotatable bonds is 3. The fourth-order valence-electron chi connectivity index (χ4n) is 7.50. The predicted molar refractivity (Wildman–Crippen MR) is 102 cm³/mol. The van der Waals surface area contributed by atoms with Crippen LogP contribution in [-0.4, -0.2) is 18.1 Å². The molecule has 5 aliphatic rings. The summed E-state index contributed by atoms with van der Waals surface area (Å²) in [6, 6.07) is 0. The monoisotopic (exact) mass is 357 g/mol. The fourth-order valence-corrected chi connectivity index (χ4v) is 7.50. The average Bonchev–Trinajstić information content (AvgIpc) is 3.38. The van der Waals surface area contributed by atoms with Crippen LogP contribution in [0.4, 0.5) is 0 Å². The molecule has 0 radical (unpaired) electrons. The zero-order chi connectivity index (χ0) is 18.1. The Morgan fingerprint density at radius 3 is 2.77 bits per heavy atom. The minimum absolute atomic E-state index is 0.186. The molecule has 3 nitrogen and oxygen atoms in total. The molecular formula is C23H35NO2. The summed E-state index contributed by atoms with van der Waals surface area (Å²) in [6.07, 6.45) is 14.1. The van der Waals surface area contributed by atoms with E-state index in [-0.39, 0.29) is 11.3 Å². The van der Waals surface area contributed by atoms with Gasteiger partial charge in [-0.25, -0.2) is 0 Å². The van der Waals surface area contributed by atoms with Crippen LogP contribution in [0.5, 0.6) is 0 Å². The van der Waals surface area contributed by atoms with Crippen LogP contribution in [0, 0.1) is 34.5 Å². The molecule has 4 fully saturated rings. The van der Waals surface area contributed by atoms with Crippen molar-refractivity contribution in [1.29, 1.82) is 0 Å². The van der Waals surface area contributed by atoms with Gasteiger partial charge < -0.3 is 10.1 Å². The first kappa shape index (κ1) is 17.3. The van der Waals surface area contributed by atoms with E-state index in [1.807, 2.05) is 0 Å². The van der Waals surface area contributed by atoms with Crippen molar-refractivity contribution in [2.45, 2.75) is 90.8 Å². The molecule has 4 aliphatic carbocycles. The van der Waals surface area contributed by atoms with Crippen molar-refractivity contribution in [3.8, 4) is 0 Å². The maximum absolute atomic E-state index is 11.9. The number of hydrogen-bond acceptors (Lipinski definition) is 2. The number of nitrogens with one attached hydrogen (secondary N) is 1. The van der Waals surface area contributed by atoms with E-state index in [4.69, 9.17) is 4.74 Å². The van der Waals surface area contributed by atoms with E-state index in [1.54, 1.807) is 0 Å². The van der Waals surface area contributed by atoms with E-state index >= 15 is 0 Å². The lowest BCUT2D eigenvalue weighted by Crippen LogP contribution is -2.54. The minimum atomic E-state index is 0.186. The Kier molecular flexibility index (Phi) is 3.88. The number of amides is 1. The van der Waals surface area contributed by atoms with Crippen molar-refractivity contribution >= 4 is 5.91 Å². The number of fused-ring (bicyclic) bond motifs is 5. The van der Waals surface area contributed by atoms with Gasteiger partial charge >= 0.3 is 0 Å². The number of allylic oxidation sites excluding steroid dienone is 2. The van der Waals surface area contributed by atoms with Gasteiger partial charge in [0, 0.05) is 17.5 Å². The quantitative estimate of drug-likeness (QED) is 0.786. The van der Waals surface area contributed by atoms with Crippen LogP contribution in [0.25, 0.3) is 0 Å². The molecule has 3 heteroatoms. The van der Waals surface area contributed by atoms with Gasteiger partial charge in [-0.05, 0) is 74.0 Å². The van der Waals surface area contributed by atoms with Crippen molar-refractivity contribution in [1.82, 2.24) is 5.32 Å². The summed E-state index contributed by atoms with van der Waals surface area (Å²) in [5.41, 5.74) is 1.80. The highest BCUT2D eigenvalue weighted by Crippen LogP contribution is 2.66. The lowest BCUT2D eigenvalue weighted by molar-refractivity contribution is -0.127. The number of carbonyl (C=O) groups is 1. The number of ether oxygens (including phenoxy) is 1. The topological polar surface area (TPSA) is 38.3 Å². The third kappa shape index (κ3) is 2.38. The first-order valence-corrected chi connectivity index (χ1v) is 11.1. The molecule has 3 saturated carbocycles. The summed E-state index contributed by atoms with van der Waals surface area (Å²) < 4.78 is 6.58. The van der Waals surface area contributed by atoms with Crippen molar-refractivity contribution in [2.75, 3.05) is 0 Å². The first-order valence-electron chi connectivity index (χ1n) is 11.1. The van der Waals surface area contributed by atoms with Crippen LogP contribution < -0.4 is 5.32 Å². The molecule has 26 heavy (non-hydrogen) atoms. The second-order valence-electron chi connectivity index (χ2n) is 10.4. The second-order valence-corrected chi connectivity index (χ2v) is 10.4. The van der Waals surface area contributed by atoms with E-state index < -0.39 is 0 Å². The molecule has 0 aromatic rings. The molecule has 0 aromatic heterocycles. The summed E-state index contributed by atoms with van der Waals surface area (Å²) in [4.78, 5) is 11.9. The Labute approximate surface area is 158 Å². The van der Waals surface area contributed by atoms with Gasteiger partial charge in [-0.1, -0.05) is 33.3 Å². The minimum Gasteiger partial charge on any atom is -0.374 e. The predicted octanol–water partition coefficient (Wildman–Crippen LogP) is 4.82. The highest BCUT2D eigenvalue weighted by Gasteiger charge is 2.62. The van der Waals surface area contributed by atoms with E-state index in [0.717, 1.165) is 36.5 Å². The molecule has 5 rings (SSSR count). The maximum Gasteiger partial charge on any atom is 0.224 e. The Morgan fingerprint density at radius 2 is 2.04 bits per heavy atom. The highest BCUT2D eigenvalue weighted by molar-refractivity contribution is 5.79. The Bertz CT molecular complexity index is 638. The molecular weight excluding hydrogens is 322 g/mol. The fraction of sp³-hybridized carbons (Fsp3) is 0.870. The molecule has 1 N–H and O–H groups in total. The van der Waals surface area contributed by atoms with Gasteiger partial charge in [-0.3, -0.25) is 4.79 Å². The highest BCUT2D eigenvalue weighted by atomic mass is 16.5. The van der Waals surface area contributed by atoms with Gasteiger partial charge in [-0.2, -0.15) is 0 Å². The molecule has 144 valence electrons.